The maximum absolute atomic E-state index is 6.33. The third-order valence-electron chi connectivity index (χ3n) is 5.02. The zero-order valence-corrected chi connectivity index (χ0v) is 15.9. The number of allylic oxidation sites excluding steroid dienone is 1. The molecule has 5 nitrogen and oxygen atoms in total. The van der Waals surface area contributed by atoms with Crippen LogP contribution in [0.3, 0.4) is 0 Å². The summed E-state index contributed by atoms with van der Waals surface area (Å²) >= 11 is 0. The molecule has 5 heteroatoms. The van der Waals surface area contributed by atoms with Crippen molar-refractivity contribution >= 4 is 6.08 Å². The van der Waals surface area contributed by atoms with Crippen molar-refractivity contribution < 1.29 is 0 Å². The van der Waals surface area contributed by atoms with E-state index in [2.05, 4.69) is 64.9 Å². The molecular formula is C22H25N5. The van der Waals surface area contributed by atoms with Gasteiger partial charge in [0, 0.05) is 24.3 Å². The molecule has 0 atom stereocenters. The van der Waals surface area contributed by atoms with Crippen LogP contribution in [0, 0.1) is 13.8 Å². The Kier molecular flexibility index (Phi) is 4.88. The zero-order valence-electron chi connectivity index (χ0n) is 15.9. The van der Waals surface area contributed by atoms with Gasteiger partial charge in [-0.3, -0.25) is 15.8 Å². The molecule has 3 heterocycles. The summed E-state index contributed by atoms with van der Waals surface area (Å²) in [5, 5.41) is 1.78. The lowest BCUT2D eigenvalue weighted by atomic mass is 10.0. The van der Waals surface area contributed by atoms with Gasteiger partial charge in [0.2, 0.25) is 0 Å². The maximum atomic E-state index is 6.33. The highest BCUT2D eigenvalue weighted by atomic mass is 15.4. The Morgan fingerprint density at radius 3 is 2.85 bits per heavy atom. The molecule has 0 saturated heterocycles. The molecule has 27 heavy (non-hydrogen) atoms. The second kappa shape index (κ2) is 7.47. The Balaban J connectivity index is 1.58. The second-order valence-corrected chi connectivity index (χ2v) is 7.19. The number of nitrogens with two attached hydrogens (primary N) is 1. The highest BCUT2D eigenvalue weighted by molar-refractivity contribution is 5.57. The summed E-state index contributed by atoms with van der Waals surface area (Å²) in [6, 6.07) is 8.43. The van der Waals surface area contributed by atoms with Crippen LogP contribution < -0.4 is 5.84 Å². The fourth-order valence-corrected chi connectivity index (χ4v) is 3.65. The van der Waals surface area contributed by atoms with Crippen LogP contribution in [0.1, 0.15) is 40.2 Å². The van der Waals surface area contributed by atoms with Gasteiger partial charge in [0.15, 0.2) is 0 Å². The van der Waals surface area contributed by atoms with Gasteiger partial charge in [-0.15, -0.1) is 0 Å². The van der Waals surface area contributed by atoms with E-state index in [1.807, 2.05) is 18.5 Å². The van der Waals surface area contributed by atoms with E-state index < -0.39 is 0 Å². The van der Waals surface area contributed by atoms with Crippen LogP contribution in [0.4, 0.5) is 0 Å². The number of fused-ring (bicyclic) bond motifs is 1. The van der Waals surface area contributed by atoms with Gasteiger partial charge in [0.25, 0.3) is 0 Å². The third kappa shape index (κ3) is 3.70. The van der Waals surface area contributed by atoms with Crippen molar-refractivity contribution in [1.29, 1.82) is 0 Å². The van der Waals surface area contributed by atoms with Crippen LogP contribution >= 0.6 is 0 Å². The molecule has 3 aromatic heterocycles. The van der Waals surface area contributed by atoms with Crippen molar-refractivity contribution in [3.8, 4) is 5.69 Å². The number of hydrogen-bond donors (Lipinski definition) is 1. The van der Waals surface area contributed by atoms with E-state index >= 15 is 0 Å². The Morgan fingerprint density at radius 2 is 2.00 bits per heavy atom. The second-order valence-electron chi connectivity index (χ2n) is 7.19. The van der Waals surface area contributed by atoms with Gasteiger partial charge in [0.1, 0.15) is 0 Å². The largest absolute Gasteiger partial charge is 0.315 e. The molecule has 1 aliphatic carbocycles. The van der Waals surface area contributed by atoms with Crippen molar-refractivity contribution in [3.63, 3.8) is 0 Å². The first-order valence-corrected chi connectivity index (χ1v) is 9.34. The molecule has 0 aromatic carbocycles. The minimum atomic E-state index is 0.557. The topological polar surface area (TPSA) is 60.0 Å². The Hall–Kier alpha value is -2.76. The number of hydrogen-bond acceptors (Lipinski definition) is 4. The third-order valence-corrected chi connectivity index (χ3v) is 5.02. The van der Waals surface area contributed by atoms with E-state index in [4.69, 9.17) is 5.84 Å². The van der Waals surface area contributed by atoms with Crippen molar-refractivity contribution in [2.24, 2.45) is 5.84 Å². The first-order chi connectivity index (χ1) is 13.1. The Bertz CT molecular complexity index is 986. The molecular weight excluding hydrogens is 334 g/mol. The SMILES string of the molecule is Cc1cnc(CN(N)Cc2ncccc2-n2ccc3c2C=CCC3)c(C)c1. The number of hydrazine groups is 1. The standard InChI is InChI=1S/C22H25N5/c1-16-12-17(2)19(25-13-16)14-26(23)15-20-22(8-5-10-24-20)27-11-9-18-6-3-4-7-21(18)27/h4-5,7-13H,3,6,14-15,23H2,1-2H3. The number of aryl methyl sites for hydroxylation is 3. The summed E-state index contributed by atoms with van der Waals surface area (Å²) < 4.78 is 2.22. The number of aromatic nitrogens is 3. The van der Waals surface area contributed by atoms with Crippen molar-refractivity contribution in [3.05, 3.63) is 82.7 Å². The van der Waals surface area contributed by atoms with Crippen LogP contribution in [0.25, 0.3) is 11.8 Å². The van der Waals surface area contributed by atoms with Gasteiger partial charge in [-0.05, 0) is 67.7 Å². The molecule has 0 radical (unpaired) electrons. The predicted octanol–water partition coefficient (Wildman–Crippen LogP) is 3.72. The van der Waals surface area contributed by atoms with Gasteiger partial charge in [-0.2, -0.15) is 0 Å². The molecule has 0 spiro atoms. The summed E-state index contributed by atoms with van der Waals surface area (Å²) in [4.78, 5) is 9.15. The van der Waals surface area contributed by atoms with Crippen molar-refractivity contribution in [1.82, 2.24) is 19.5 Å². The Labute approximate surface area is 160 Å². The quantitative estimate of drug-likeness (QED) is 0.557. The summed E-state index contributed by atoms with van der Waals surface area (Å²) in [6.45, 7) is 5.28. The van der Waals surface area contributed by atoms with E-state index in [1.165, 1.54) is 11.3 Å². The molecule has 0 fully saturated rings. The molecule has 0 bridgehead atoms. The average Bonchev–Trinajstić information content (AvgIpc) is 3.08. The molecule has 0 aliphatic heterocycles. The molecule has 2 N–H and O–H groups in total. The van der Waals surface area contributed by atoms with Crippen LogP contribution in [0.15, 0.2) is 48.9 Å². The van der Waals surface area contributed by atoms with E-state index in [0.717, 1.165) is 41.0 Å². The average molecular weight is 359 g/mol. The molecule has 0 saturated carbocycles. The minimum absolute atomic E-state index is 0.557. The normalized spacial score (nSPS) is 13.2. The highest BCUT2D eigenvalue weighted by Crippen LogP contribution is 2.25. The molecule has 3 aromatic rings. The van der Waals surface area contributed by atoms with Crippen molar-refractivity contribution in [2.45, 2.75) is 39.8 Å². The van der Waals surface area contributed by atoms with E-state index in [9.17, 15) is 0 Å². The van der Waals surface area contributed by atoms with Gasteiger partial charge in [-0.1, -0.05) is 12.1 Å². The van der Waals surface area contributed by atoms with E-state index in [1.54, 1.807) is 5.01 Å². The van der Waals surface area contributed by atoms with E-state index in [0.29, 0.717) is 13.1 Å². The molecule has 138 valence electrons. The summed E-state index contributed by atoms with van der Waals surface area (Å²) in [5.74, 6) is 6.33. The lowest BCUT2D eigenvalue weighted by Gasteiger charge is -2.20. The summed E-state index contributed by atoms with van der Waals surface area (Å²) in [5.41, 5.74) is 8.00. The van der Waals surface area contributed by atoms with Gasteiger partial charge in [-0.25, -0.2) is 5.01 Å². The fourth-order valence-electron chi connectivity index (χ4n) is 3.65. The smallest absolute Gasteiger partial charge is 0.0798 e. The number of rotatable bonds is 5. The van der Waals surface area contributed by atoms with Gasteiger partial charge in [0.05, 0.1) is 30.2 Å². The summed E-state index contributed by atoms with van der Waals surface area (Å²) in [6.07, 6.45) is 12.5. The lowest BCUT2D eigenvalue weighted by Crippen LogP contribution is -2.31. The van der Waals surface area contributed by atoms with Crippen LogP contribution in [-0.2, 0) is 19.5 Å². The zero-order chi connectivity index (χ0) is 18.8. The monoisotopic (exact) mass is 359 g/mol. The Morgan fingerprint density at radius 1 is 1.15 bits per heavy atom. The van der Waals surface area contributed by atoms with Crippen LogP contribution in [0.2, 0.25) is 0 Å². The molecule has 0 unspecified atom stereocenters. The van der Waals surface area contributed by atoms with E-state index in [-0.39, 0.29) is 0 Å². The predicted molar refractivity (Wildman–Crippen MR) is 108 cm³/mol. The van der Waals surface area contributed by atoms with Crippen LogP contribution in [0.5, 0.6) is 0 Å². The first-order valence-electron chi connectivity index (χ1n) is 9.34. The van der Waals surface area contributed by atoms with Gasteiger partial charge < -0.3 is 4.57 Å². The first kappa shape index (κ1) is 17.6. The summed E-state index contributed by atoms with van der Waals surface area (Å²) in [7, 11) is 0. The maximum Gasteiger partial charge on any atom is 0.0798 e. The van der Waals surface area contributed by atoms with Crippen molar-refractivity contribution in [2.75, 3.05) is 0 Å². The van der Waals surface area contributed by atoms with Gasteiger partial charge >= 0.3 is 0 Å². The van der Waals surface area contributed by atoms with Crippen LogP contribution in [-0.4, -0.2) is 19.5 Å². The minimum Gasteiger partial charge on any atom is -0.315 e. The number of pyridine rings is 2. The lowest BCUT2D eigenvalue weighted by molar-refractivity contribution is 0.258. The molecule has 1 aliphatic rings. The fraction of sp³-hybridized carbons (Fsp3) is 0.273. The number of nitrogens with zero attached hydrogens (tertiary/aromatic N) is 4. The molecule has 4 rings (SSSR count). The molecule has 0 amide bonds. The highest BCUT2D eigenvalue weighted by Gasteiger charge is 2.15.